The minimum absolute atomic E-state index is 1.02. The van der Waals surface area contributed by atoms with Crippen molar-refractivity contribution < 1.29 is 0 Å². The molecule has 0 unspecified atom stereocenters. The second-order valence-electron chi connectivity index (χ2n) is 10.8. The summed E-state index contributed by atoms with van der Waals surface area (Å²) in [5.41, 5.74) is 9.37. The second-order valence-corrected chi connectivity index (χ2v) is 11.9. The first-order valence-electron chi connectivity index (χ1n) is 14.2. The van der Waals surface area contributed by atoms with Gasteiger partial charge >= 0.3 is 0 Å². The fourth-order valence-corrected chi connectivity index (χ4v) is 7.53. The lowest BCUT2D eigenvalue weighted by atomic mass is 9.98. The van der Waals surface area contributed by atoms with Gasteiger partial charge in [-0.1, -0.05) is 91.0 Å². The van der Waals surface area contributed by atoms with Crippen LogP contribution in [0, 0.1) is 0 Å². The van der Waals surface area contributed by atoms with Crippen LogP contribution < -0.4 is 0 Å². The first-order chi connectivity index (χ1) is 20.8. The number of pyridine rings is 1. The van der Waals surface area contributed by atoms with Gasteiger partial charge in [0, 0.05) is 42.0 Å². The molecule has 0 saturated heterocycles. The van der Waals surface area contributed by atoms with Gasteiger partial charge in [-0.05, 0) is 70.8 Å². The van der Waals surface area contributed by atoms with Gasteiger partial charge in [0.25, 0.3) is 0 Å². The highest BCUT2D eigenvalue weighted by atomic mass is 32.1. The summed E-state index contributed by atoms with van der Waals surface area (Å²) in [5.74, 6) is 0. The van der Waals surface area contributed by atoms with Crippen LogP contribution >= 0.6 is 11.3 Å². The molecule has 0 aliphatic rings. The Morgan fingerprint density at radius 2 is 1.07 bits per heavy atom. The van der Waals surface area contributed by atoms with Gasteiger partial charge in [0.05, 0.1) is 22.7 Å². The van der Waals surface area contributed by atoms with Gasteiger partial charge in [-0.3, -0.25) is 4.98 Å². The van der Waals surface area contributed by atoms with Crippen molar-refractivity contribution in [2.24, 2.45) is 0 Å². The average Bonchev–Trinajstić information content (AvgIpc) is 3.60. The smallest absolute Gasteiger partial charge is 0.0730 e. The van der Waals surface area contributed by atoms with E-state index in [1.165, 1.54) is 64.1 Å². The molecule has 0 bridgehead atoms. The zero-order valence-corrected chi connectivity index (χ0v) is 23.5. The molecule has 9 rings (SSSR count). The number of thiophene rings is 1. The third kappa shape index (κ3) is 3.54. The number of nitrogens with zero attached hydrogens (tertiary/aromatic N) is 2. The van der Waals surface area contributed by atoms with Crippen molar-refractivity contribution >= 4 is 64.2 Å². The first-order valence-corrected chi connectivity index (χ1v) is 15.0. The molecule has 0 aliphatic carbocycles. The van der Waals surface area contributed by atoms with Gasteiger partial charge in [-0.15, -0.1) is 11.3 Å². The van der Waals surface area contributed by atoms with Crippen LogP contribution in [0.25, 0.3) is 80.8 Å². The van der Waals surface area contributed by atoms with Crippen molar-refractivity contribution in [2.45, 2.75) is 0 Å². The molecule has 0 amide bonds. The maximum absolute atomic E-state index is 4.82. The molecule has 0 spiro atoms. The van der Waals surface area contributed by atoms with Crippen molar-refractivity contribution in [3.63, 3.8) is 0 Å². The Labute approximate surface area is 246 Å². The summed E-state index contributed by atoms with van der Waals surface area (Å²) in [6.07, 6.45) is 2.02. The topological polar surface area (TPSA) is 17.8 Å². The Balaban J connectivity index is 1.19. The molecular formula is C39H24N2S. The van der Waals surface area contributed by atoms with Crippen LogP contribution in [-0.4, -0.2) is 9.55 Å². The Morgan fingerprint density at radius 3 is 1.88 bits per heavy atom. The van der Waals surface area contributed by atoms with E-state index in [9.17, 15) is 0 Å². The SMILES string of the molecule is c1ccc(-n2c3ccc(-c4ccc(-c5ccc6sc7ccccc7c6c5)cc4)cc3c3c4ccccc4ncc32)cc1. The summed E-state index contributed by atoms with van der Waals surface area (Å²) in [7, 11) is 0. The maximum Gasteiger partial charge on any atom is 0.0730 e. The van der Waals surface area contributed by atoms with Crippen LogP contribution in [0.4, 0.5) is 0 Å². The molecule has 3 aromatic heterocycles. The highest BCUT2D eigenvalue weighted by molar-refractivity contribution is 7.25. The second kappa shape index (κ2) is 9.13. The molecule has 0 saturated carbocycles. The zero-order chi connectivity index (χ0) is 27.6. The quantitative estimate of drug-likeness (QED) is 0.213. The fourth-order valence-electron chi connectivity index (χ4n) is 6.44. The maximum atomic E-state index is 4.82. The summed E-state index contributed by atoms with van der Waals surface area (Å²) < 4.78 is 5.01. The predicted molar refractivity (Wildman–Crippen MR) is 180 cm³/mol. The number of hydrogen-bond acceptors (Lipinski definition) is 2. The average molecular weight is 553 g/mol. The van der Waals surface area contributed by atoms with Crippen LogP contribution in [0.5, 0.6) is 0 Å². The van der Waals surface area contributed by atoms with E-state index in [1.807, 2.05) is 17.5 Å². The van der Waals surface area contributed by atoms with Crippen molar-refractivity contribution in [2.75, 3.05) is 0 Å². The Bertz CT molecular complexity index is 2450. The van der Waals surface area contributed by atoms with Crippen LogP contribution in [0.2, 0.25) is 0 Å². The standard InChI is InChI=1S/C39H24N2S/c1-2-8-29(9-3-1)41-35-20-18-27(23-33(35)39-31-11-4-6-12-34(31)40-24-36(39)41)25-14-16-26(17-15-25)28-19-21-38-32(22-28)30-10-5-7-13-37(30)42-38/h1-24H. The predicted octanol–water partition coefficient (Wildman–Crippen LogP) is 11.0. The highest BCUT2D eigenvalue weighted by Gasteiger charge is 2.16. The molecule has 3 heterocycles. The summed E-state index contributed by atoms with van der Waals surface area (Å²) in [6.45, 7) is 0. The number of rotatable bonds is 3. The number of benzene rings is 6. The molecule has 0 atom stereocenters. The minimum Gasteiger partial charge on any atom is -0.308 e. The first kappa shape index (κ1) is 23.5. The minimum atomic E-state index is 1.02. The van der Waals surface area contributed by atoms with E-state index in [-0.39, 0.29) is 0 Å². The van der Waals surface area contributed by atoms with Crippen LogP contribution in [-0.2, 0) is 0 Å². The van der Waals surface area contributed by atoms with E-state index >= 15 is 0 Å². The van der Waals surface area contributed by atoms with E-state index in [1.54, 1.807) is 0 Å². The number of fused-ring (bicyclic) bond motifs is 8. The van der Waals surface area contributed by atoms with E-state index in [0.29, 0.717) is 0 Å². The summed E-state index contributed by atoms with van der Waals surface area (Å²) in [4.78, 5) is 4.82. The largest absolute Gasteiger partial charge is 0.308 e. The lowest BCUT2D eigenvalue weighted by Gasteiger charge is -2.08. The number of para-hydroxylation sites is 2. The molecule has 0 N–H and O–H groups in total. The van der Waals surface area contributed by atoms with Crippen LogP contribution in [0.1, 0.15) is 0 Å². The summed E-state index contributed by atoms with van der Waals surface area (Å²) in [5, 5.41) is 6.33. The van der Waals surface area contributed by atoms with Gasteiger partial charge in [0.2, 0.25) is 0 Å². The van der Waals surface area contributed by atoms with E-state index < -0.39 is 0 Å². The van der Waals surface area contributed by atoms with Gasteiger partial charge < -0.3 is 4.57 Å². The lowest BCUT2D eigenvalue weighted by molar-refractivity contribution is 1.17. The fraction of sp³-hybridized carbons (Fsp3) is 0. The van der Waals surface area contributed by atoms with E-state index in [0.717, 1.165) is 16.7 Å². The van der Waals surface area contributed by atoms with Gasteiger partial charge in [0.15, 0.2) is 0 Å². The van der Waals surface area contributed by atoms with Crippen LogP contribution in [0.15, 0.2) is 146 Å². The molecule has 196 valence electrons. The molecule has 9 aromatic rings. The van der Waals surface area contributed by atoms with Gasteiger partial charge in [-0.2, -0.15) is 0 Å². The molecule has 0 aliphatic heterocycles. The normalized spacial score (nSPS) is 11.8. The Kier molecular flexibility index (Phi) is 5.10. The molecule has 2 nitrogen and oxygen atoms in total. The van der Waals surface area contributed by atoms with Crippen LogP contribution in [0.3, 0.4) is 0 Å². The third-order valence-electron chi connectivity index (χ3n) is 8.45. The highest BCUT2D eigenvalue weighted by Crippen LogP contribution is 2.39. The monoisotopic (exact) mass is 552 g/mol. The van der Waals surface area contributed by atoms with Gasteiger partial charge in [0.1, 0.15) is 0 Å². The Morgan fingerprint density at radius 1 is 0.452 bits per heavy atom. The third-order valence-corrected chi connectivity index (χ3v) is 9.60. The van der Waals surface area contributed by atoms with Crippen molar-refractivity contribution in [1.29, 1.82) is 0 Å². The summed E-state index contributed by atoms with van der Waals surface area (Å²) >= 11 is 1.86. The molecule has 6 aromatic carbocycles. The zero-order valence-electron chi connectivity index (χ0n) is 22.7. The van der Waals surface area contributed by atoms with E-state index in [2.05, 4.69) is 144 Å². The number of hydrogen-bond donors (Lipinski definition) is 0. The van der Waals surface area contributed by atoms with Crippen molar-refractivity contribution in [3.05, 3.63) is 146 Å². The van der Waals surface area contributed by atoms with Crippen molar-refractivity contribution in [1.82, 2.24) is 9.55 Å². The molecule has 42 heavy (non-hydrogen) atoms. The number of aromatic nitrogens is 2. The molecular weight excluding hydrogens is 529 g/mol. The molecule has 0 fully saturated rings. The molecule has 0 radical (unpaired) electrons. The van der Waals surface area contributed by atoms with E-state index in [4.69, 9.17) is 4.98 Å². The molecule has 3 heteroatoms. The summed E-state index contributed by atoms with van der Waals surface area (Å²) in [6, 6.07) is 50.4. The van der Waals surface area contributed by atoms with Gasteiger partial charge in [-0.25, -0.2) is 0 Å². The lowest BCUT2D eigenvalue weighted by Crippen LogP contribution is -1.93. The van der Waals surface area contributed by atoms with Crippen molar-refractivity contribution in [3.8, 4) is 27.9 Å². The Hall–Kier alpha value is -5.25.